The maximum Gasteiger partial charge on any atom is 0.244 e. The van der Waals surface area contributed by atoms with Gasteiger partial charge in [-0.3, -0.25) is 0 Å². The van der Waals surface area contributed by atoms with Crippen LogP contribution >= 0.6 is 12.2 Å². The third-order valence-electron chi connectivity index (χ3n) is 3.56. The van der Waals surface area contributed by atoms with E-state index >= 15 is 0 Å². The number of ether oxygens (including phenoxy) is 2. The first-order valence-electron chi connectivity index (χ1n) is 7.22. The summed E-state index contributed by atoms with van der Waals surface area (Å²) in [5, 5.41) is 8.37. The second kappa shape index (κ2) is 7.66. The number of hydrogen-bond acceptors (Lipinski definition) is 5. The van der Waals surface area contributed by atoms with Gasteiger partial charge in [0.05, 0.1) is 23.5 Å². The van der Waals surface area contributed by atoms with Gasteiger partial charge >= 0.3 is 0 Å². The Morgan fingerprint density at radius 2 is 1.90 bits per heavy atom. The summed E-state index contributed by atoms with van der Waals surface area (Å²) in [5.41, 5.74) is 8.28. The van der Waals surface area contributed by atoms with E-state index in [4.69, 9.17) is 27.4 Å². The highest BCUT2D eigenvalue weighted by Gasteiger charge is 2.20. The number of aromatic nitrogens is 2. The predicted molar refractivity (Wildman–Crippen MR) is 87.9 cm³/mol. The molecule has 6 heteroatoms. The van der Waals surface area contributed by atoms with Crippen LogP contribution in [0.1, 0.15) is 50.9 Å². The van der Waals surface area contributed by atoms with Crippen molar-refractivity contribution in [2.24, 2.45) is 5.73 Å². The Morgan fingerprint density at radius 3 is 2.38 bits per heavy atom. The van der Waals surface area contributed by atoms with E-state index in [9.17, 15) is 0 Å². The molecule has 0 spiro atoms. The molecule has 0 aliphatic heterocycles. The van der Waals surface area contributed by atoms with Crippen LogP contribution in [0.4, 0.5) is 0 Å². The number of methoxy groups -OCH3 is 1. The van der Waals surface area contributed by atoms with Gasteiger partial charge in [0.1, 0.15) is 4.99 Å². The Hall–Kier alpha value is -1.27. The fourth-order valence-electron chi connectivity index (χ4n) is 2.01. The minimum Gasteiger partial charge on any atom is -0.476 e. The van der Waals surface area contributed by atoms with Crippen LogP contribution in [0.2, 0.25) is 0 Å². The quantitative estimate of drug-likeness (QED) is 0.744. The monoisotopic (exact) mass is 311 g/mol. The van der Waals surface area contributed by atoms with Gasteiger partial charge < -0.3 is 15.2 Å². The maximum absolute atomic E-state index is 5.86. The molecule has 0 radical (unpaired) electrons. The SMILES string of the molecule is CCc1nnc(OCCC(C)(C)OC)c(C(N)=S)c1CC. The number of nitrogens with two attached hydrogens (primary N) is 1. The molecule has 0 fully saturated rings. The van der Waals surface area contributed by atoms with Crippen molar-refractivity contribution in [2.75, 3.05) is 13.7 Å². The molecule has 0 bridgehead atoms. The van der Waals surface area contributed by atoms with Crippen LogP contribution in [0.15, 0.2) is 0 Å². The van der Waals surface area contributed by atoms with E-state index in [1.807, 2.05) is 20.8 Å². The van der Waals surface area contributed by atoms with E-state index in [-0.39, 0.29) is 5.60 Å². The van der Waals surface area contributed by atoms with Crippen molar-refractivity contribution in [3.05, 3.63) is 16.8 Å². The van der Waals surface area contributed by atoms with Crippen molar-refractivity contribution in [3.8, 4) is 5.88 Å². The predicted octanol–water partition coefficient (Wildman–Crippen LogP) is 2.43. The van der Waals surface area contributed by atoms with E-state index in [0.717, 1.165) is 36.1 Å². The van der Waals surface area contributed by atoms with Gasteiger partial charge in [-0.05, 0) is 32.3 Å². The molecule has 0 atom stereocenters. The zero-order valence-electron chi connectivity index (χ0n) is 13.5. The largest absolute Gasteiger partial charge is 0.476 e. The molecule has 118 valence electrons. The van der Waals surface area contributed by atoms with Crippen LogP contribution in [0, 0.1) is 0 Å². The average molecular weight is 311 g/mol. The Kier molecular flexibility index (Phi) is 6.48. The molecule has 1 rings (SSSR count). The summed E-state index contributed by atoms with van der Waals surface area (Å²) < 4.78 is 11.1. The smallest absolute Gasteiger partial charge is 0.244 e. The minimum atomic E-state index is -0.242. The van der Waals surface area contributed by atoms with Gasteiger partial charge in [0.15, 0.2) is 0 Å². The van der Waals surface area contributed by atoms with Crippen LogP contribution in [0.3, 0.4) is 0 Å². The molecular weight excluding hydrogens is 286 g/mol. The van der Waals surface area contributed by atoms with Crippen molar-refractivity contribution < 1.29 is 9.47 Å². The highest BCUT2D eigenvalue weighted by Crippen LogP contribution is 2.23. The van der Waals surface area contributed by atoms with E-state index < -0.39 is 0 Å². The molecule has 0 amide bonds. The molecule has 0 saturated heterocycles. The van der Waals surface area contributed by atoms with Crippen molar-refractivity contribution in [2.45, 2.75) is 52.6 Å². The maximum atomic E-state index is 5.86. The highest BCUT2D eigenvalue weighted by molar-refractivity contribution is 7.80. The summed E-state index contributed by atoms with van der Waals surface area (Å²) in [7, 11) is 1.69. The van der Waals surface area contributed by atoms with Crippen LogP contribution in [0.25, 0.3) is 0 Å². The third kappa shape index (κ3) is 4.61. The van der Waals surface area contributed by atoms with Crippen molar-refractivity contribution in [1.82, 2.24) is 10.2 Å². The van der Waals surface area contributed by atoms with E-state index in [1.54, 1.807) is 7.11 Å². The van der Waals surface area contributed by atoms with Gasteiger partial charge in [-0.25, -0.2) is 0 Å². The summed E-state index contributed by atoms with van der Waals surface area (Å²) in [4.78, 5) is 0.303. The lowest BCUT2D eigenvalue weighted by atomic mass is 10.0. The third-order valence-corrected chi connectivity index (χ3v) is 3.76. The molecule has 0 unspecified atom stereocenters. The lowest BCUT2D eigenvalue weighted by Gasteiger charge is -2.23. The minimum absolute atomic E-state index is 0.242. The summed E-state index contributed by atoms with van der Waals surface area (Å²) in [6.45, 7) is 8.58. The number of aryl methyl sites for hydroxylation is 1. The molecule has 0 aliphatic carbocycles. The van der Waals surface area contributed by atoms with E-state index in [0.29, 0.717) is 17.5 Å². The topological polar surface area (TPSA) is 70.3 Å². The normalized spacial score (nSPS) is 11.5. The molecule has 5 nitrogen and oxygen atoms in total. The molecule has 21 heavy (non-hydrogen) atoms. The number of nitrogens with zero attached hydrogens (tertiary/aromatic N) is 2. The Balaban J connectivity index is 2.99. The summed E-state index contributed by atoms with van der Waals surface area (Å²) in [6.07, 6.45) is 2.33. The summed E-state index contributed by atoms with van der Waals surface area (Å²) in [6, 6.07) is 0. The second-order valence-electron chi connectivity index (χ2n) is 5.44. The standard InChI is InChI=1S/C15H25N3O2S/c1-6-10-11(7-2)17-18-14(12(10)13(16)21)20-9-8-15(3,4)19-5/h6-9H2,1-5H3,(H2,16,21). The molecule has 0 aromatic carbocycles. The first-order chi connectivity index (χ1) is 9.86. The Morgan fingerprint density at radius 1 is 1.24 bits per heavy atom. The van der Waals surface area contributed by atoms with Gasteiger partial charge in [0.2, 0.25) is 5.88 Å². The second-order valence-corrected chi connectivity index (χ2v) is 5.88. The van der Waals surface area contributed by atoms with E-state index in [2.05, 4.69) is 17.1 Å². The van der Waals surface area contributed by atoms with Crippen LogP contribution < -0.4 is 10.5 Å². The van der Waals surface area contributed by atoms with Gasteiger partial charge in [0, 0.05) is 13.5 Å². The first-order valence-corrected chi connectivity index (χ1v) is 7.63. The zero-order valence-corrected chi connectivity index (χ0v) is 14.3. The molecular formula is C15H25N3O2S. The van der Waals surface area contributed by atoms with Crippen LogP contribution in [0.5, 0.6) is 5.88 Å². The fourth-order valence-corrected chi connectivity index (χ4v) is 2.22. The van der Waals surface area contributed by atoms with Gasteiger partial charge in [-0.15, -0.1) is 5.10 Å². The van der Waals surface area contributed by atoms with Crippen LogP contribution in [-0.4, -0.2) is 34.5 Å². The Labute approximate surface area is 132 Å². The van der Waals surface area contributed by atoms with Gasteiger partial charge in [-0.1, -0.05) is 26.1 Å². The van der Waals surface area contributed by atoms with Gasteiger partial charge in [0.25, 0.3) is 0 Å². The summed E-state index contributed by atoms with van der Waals surface area (Å²) in [5.74, 6) is 0.420. The molecule has 1 aromatic heterocycles. The lowest BCUT2D eigenvalue weighted by Crippen LogP contribution is -2.26. The lowest BCUT2D eigenvalue weighted by molar-refractivity contribution is 0.00497. The number of hydrogen-bond donors (Lipinski definition) is 1. The fraction of sp³-hybridized carbons (Fsp3) is 0.667. The first kappa shape index (κ1) is 17.8. The van der Waals surface area contributed by atoms with Crippen molar-refractivity contribution >= 4 is 17.2 Å². The summed E-state index contributed by atoms with van der Waals surface area (Å²) >= 11 is 5.16. The number of thiocarbonyl (C=S) groups is 1. The molecule has 0 aliphatic rings. The zero-order chi connectivity index (χ0) is 16.0. The molecule has 0 saturated carbocycles. The average Bonchev–Trinajstić information content (AvgIpc) is 2.45. The van der Waals surface area contributed by atoms with E-state index in [1.165, 1.54) is 0 Å². The molecule has 1 aromatic rings. The Bertz CT molecular complexity index is 504. The molecule has 1 heterocycles. The highest BCUT2D eigenvalue weighted by atomic mass is 32.1. The van der Waals surface area contributed by atoms with Crippen LogP contribution in [-0.2, 0) is 17.6 Å². The van der Waals surface area contributed by atoms with Gasteiger partial charge in [-0.2, -0.15) is 5.10 Å². The number of rotatable bonds is 8. The van der Waals surface area contributed by atoms with Crippen molar-refractivity contribution in [3.63, 3.8) is 0 Å². The molecule has 2 N–H and O–H groups in total. The van der Waals surface area contributed by atoms with Crippen molar-refractivity contribution in [1.29, 1.82) is 0 Å².